The molecule has 0 fully saturated rings. The number of carbonyl (C=O) groups is 1. The van der Waals surface area contributed by atoms with E-state index in [1.165, 1.54) is 0 Å². The van der Waals surface area contributed by atoms with Crippen LogP contribution in [-0.2, 0) is 11.3 Å². The lowest BCUT2D eigenvalue weighted by molar-refractivity contribution is -0.137. The first kappa shape index (κ1) is 16.8. The van der Waals surface area contributed by atoms with Crippen LogP contribution in [0, 0.1) is 0 Å². The molecule has 2 aromatic carbocycles. The van der Waals surface area contributed by atoms with Gasteiger partial charge in [0.25, 0.3) is 0 Å². The van der Waals surface area contributed by atoms with E-state index in [1.807, 2.05) is 48.5 Å². The number of carboxylic acid groups (broad SMARTS) is 1. The van der Waals surface area contributed by atoms with Gasteiger partial charge in [0.05, 0.1) is 20.6 Å². The van der Waals surface area contributed by atoms with Gasteiger partial charge in [-0.3, -0.25) is 4.79 Å². The second-order valence-corrected chi connectivity index (χ2v) is 5.13. The van der Waals surface area contributed by atoms with Crippen molar-refractivity contribution in [2.75, 3.05) is 14.2 Å². The number of aliphatic carboxylic acids is 1. The van der Waals surface area contributed by atoms with Gasteiger partial charge in [0.1, 0.15) is 0 Å². The third-order valence-electron chi connectivity index (χ3n) is 3.58. The quantitative estimate of drug-likeness (QED) is 0.784. The van der Waals surface area contributed by atoms with Crippen LogP contribution in [0.2, 0.25) is 0 Å². The lowest BCUT2D eigenvalue weighted by atomic mass is 10.0. The molecule has 2 N–H and O–H groups in total. The minimum Gasteiger partial charge on any atom is -0.493 e. The Balaban J connectivity index is 2.10. The summed E-state index contributed by atoms with van der Waals surface area (Å²) in [5, 5.41) is 12.4. The Morgan fingerprint density at radius 3 is 2.39 bits per heavy atom. The van der Waals surface area contributed by atoms with Gasteiger partial charge in [0, 0.05) is 12.6 Å². The molecule has 0 saturated carbocycles. The van der Waals surface area contributed by atoms with E-state index in [1.54, 1.807) is 14.2 Å². The minimum absolute atomic E-state index is 0.0251. The van der Waals surface area contributed by atoms with Gasteiger partial charge in [-0.2, -0.15) is 0 Å². The standard InChI is InChI=1S/C18H21NO4/c1-22-16-9-8-13(10-17(16)23-2)12-19-15(11-18(20)21)14-6-4-3-5-7-14/h3-10,15,19H,11-12H2,1-2H3,(H,20,21)/t15-/m1/s1. The van der Waals surface area contributed by atoms with Crippen LogP contribution in [0.25, 0.3) is 0 Å². The van der Waals surface area contributed by atoms with Crippen molar-refractivity contribution in [3.63, 3.8) is 0 Å². The van der Waals surface area contributed by atoms with Crippen LogP contribution in [-0.4, -0.2) is 25.3 Å². The van der Waals surface area contributed by atoms with E-state index in [4.69, 9.17) is 14.6 Å². The molecule has 2 aromatic rings. The van der Waals surface area contributed by atoms with E-state index >= 15 is 0 Å². The summed E-state index contributed by atoms with van der Waals surface area (Å²) in [6.45, 7) is 0.535. The third kappa shape index (κ3) is 4.72. The van der Waals surface area contributed by atoms with Gasteiger partial charge in [-0.25, -0.2) is 0 Å². The Kier molecular flexibility index (Phi) is 6.00. The van der Waals surface area contributed by atoms with E-state index in [9.17, 15) is 4.79 Å². The number of rotatable bonds is 8. The van der Waals surface area contributed by atoms with Gasteiger partial charge in [-0.05, 0) is 23.3 Å². The zero-order valence-electron chi connectivity index (χ0n) is 13.3. The fourth-order valence-corrected chi connectivity index (χ4v) is 2.40. The molecule has 122 valence electrons. The van der Waals surface area contributed by atoms with Crippen LogP contribution in [0.5, 0.6) is 11.5 Å². The summed E-state index contributed by atoms with van der Waals surface area (Å²) in [5.41, 5.74) is 1.95. The van der Waals surface area contributed by atoms with Gasteiger partial charge in [-0.15, -0.1) is 0 Å². The van der Waals surface area contributed by atoms with Crippen molar-refractivity contribution in [3.05, 3.63) is 59.7 Å². The Morgan fingerprint density at radius 2 is 1.78 bits per heavy atom. The second-order valence-electron chi connectivity index (χ2n) is 5.13. The minimum atomic E-state index is -0.835. The zero-order valence-corrected chi connectivity index (χ0v) is 13.3. The molecule has 0 aliphatic rings. The number of ether oxygens (including phenoxy) is 2. The molecule has 1 atom stereocenters. The number of carboxylic acids is 1. The number of methoxy groups -OCH3 is 2. The summed E-state index contributed by atoms with van der Waals surface area (Å²) >= 11 is 0. The van der Waals surface area contributed by atoms with Crippen LogP contribution in [0.3, 0.4) is 0 Å². The Labute approximate surface area is 135 Å². The Bertz CT molecular complexity index is 643. The van der Waals surface area contributed by atoms with Crippen molar-refractivity contribution in [2.24, 2.45) is 0 Å². The molecule has 0 spiro atoms. The molecule has 0 radical (unpaired) electrons. The number of hydrogen-bond acceptors (Lipinski definition) is 4. The SMILES string of the molecule is COc1ccc(CN[C@H](CC(=O)O)c2ccccc2)cc1OC. The monoisotopic (exact) mass is 315 g/mol. The maximum Gasteiger partial charge on any atom is 0.305 e. The molecule has 0 saturated heterocycles. The summed E-state index contributed by atoms with van der Waals surface area (Å²) in [4.78, 5) is 11.1. The van der Waals surface area contributed by atoms with Gasteiger partial charge in [0.15, 0.2) is 11.5 Å². The highest BCUT2D eigenvalue weighted by atomic mass is 16.5. The Morgan fingerprint density at radius 1 is 1.09 bits per heavy atom. The van der Waals surface area contributed by atoms with Crippen molar-refractivity contribution in [2.45, 2.75) is 19.0 Å². The lowest BCUT2D eigenvalue weighted by Gasteiger charge is -2.18. The van der Waals surface area contributed by atoms with Crippen molar-refractivity contribution in [1.29, 1.82) is 0 Å². The molecule has 5 heteroatoms. The van der Waals surface area contributed by atoms with Gasteiger partial charge in [-0.1, -0.05) is 36.4 Å². The average Bonchev–Trinajstić information content (AvgIpc) is 2.58. The molecule has 0 bridgehead atoms. The molecule has 0 amide bonds. The molecule has 0 aliphatic carbocycles. The summed E-state index contributed by atoms with van der Waals surface area (Å²) in [7, 11) is 3.18. The van der Waals surface area contributed by atoms with Crippen LogP contribution in [0.15, 0.2) is 48.5 Å². The first-order valence-corrected chi connectivity index (χ1v) is 7.35. The van der Waals surface area contributed by atoms with Crippen molar-refractivity contribution in [3.8, 4) is 11.5 Å². The first-order valence-electron chi connectivity index (χ1n) is 7.35. The molecule has 5 nitrogen and oxygen atoms in total. The predicted molar refractivity (Wildman–Crippen MR) is 87.8 cm³/mol. The smallest absolute Gasteiger partial charge is 0.305 e. The molecular weight excluding hydrogens is 294 g/mol. The highest BCUT2D eigenvalue weighted by molar-refractivity contribution is 5.68. The van der Waals surface area contributed by atoms with Gasteiger partial charge >= 0.3 is 5.97 Å². The van der Waals surface area contributed by atoms with Crippen LogP contribution >= 0.6 is 0 Å². The topological polar surface area (TPSA) is 67.8 Å². The molecular formula is C18H21NO4. The second kappa shape index (κ2) is 8.19. The van der Waals surface area contributed by atoms with E-state index < -0.39 is 5.97 Å². The molecule has 0 aromatic heterocycles. The van der Waals surface area contributed by atoms with Crippen LogP contribution in [0.1, 0.15) is 23.6 Å². The van der Waals surface area contributed by atoms with E-state index in [0.29, 0.717) is 18.0 Å². The summed E-state index contributed by atoms with van der Waals surface area (Å²) in [5.74, 6) is 0.487. The van der Waals surface area contributed by atoms with Gasteiger partial charge < -0.3 is 19.9 Å². The molecule has 2 rings (SSSR count). The fraction of sp³-hybridized carbons (Fsp3) is 0.278. The Hall–Kier alpha value is -2.53. The fourth-order valence-electron chi connectivity index (χ4n) is 2.40. The predicted octanol–water partition coefficient (Wildman–Crippen LogP) is 3.01. The summed E-state index contributed by atoms with van der Waals surface area (Å²) in [6.07, 6.45) is 0.0251. The van der Waals surface area contributed by atoms with E-state index in [2.05, 4.69) is 5.32 Å². The maximum absolute atomic E-state index is 11.1. The largest absolute Gasteiger partial charge is 0.493 e. The maximum atomic E-state index is 11.1. The zero-order chi connectivity index (χ0) is 16.7. The third-order valence-corrected chi connectivity index (χ3v) is 3.58. The van der Waals surface area contributed by atoms with Crippen LogP contribution in [0.4, 0.5) is 0 Å². The molecule has 0 aliphatic heterocycles. The molecule has 0 unspecified atom stereocenters. The van der Waals surface area contributed by atoms with Crippen molar-refractivity contribution < 1.29 is 19.4 Å². The van der Waals surface area contributed by atoms with Crippen molar-refractivity contribution >= 4 is 5.97 Å². The summed E-state index contributed by atoms with van der Waals surface area (Å²) in [6, 6.07) is 15.0. The lowest BCUT2D eigenvalue weighted by Crippen LogP contribution is -2.23. The highest BCUT2D eigenvalue weighted by Crippen LogP contribution is 2.28. The first-order chi connectivity index (χ1) is 11.1. The molecule has 23 heavy (non-hydrogen) atoms. The van der Waals surface area contributed by atoms with Crippen molar-refractivity contribution in [1.82, 2.24) is 5.32 Å². The number of nitrogens with one attached hydrogen (secondary N) is 1. The normalized spacial score (nSPS) is 11.7. The average molecular weight is 315 g/mol. The highest BCUT2D eigenvalue weighted by Gasteiger charge is 2.15. The molecule has 0 heterocycles. The number of benzene rings is 2. The van der Waals surface area contributed by atoms with E-state index in [0.717, 1.165) is 11.1 Å². The van der Waals surface area contributed by atoms with Gasteiger partial charge in [0.2, 0.25) is 0 Å². The number of hydrogen-bond donors (Lipinski definition) is 2. The van der Waals surface area contributed by atoms with E-state index in [-0.39, 0.29) is 12.5 Å². The van der Waals surface area contributed by atoms with Crippen LogP contribution < -0.4 is 14.8 Å². The summed E-state index contributed by atoms with van der Waals surface area (Å²) < 4.78 is 10.5.